The summed E-state index contributed by atoms with van der Waals surface area (Å²) in [6.45, 7) is 0.367. The maximum absolute atomic E-state index is 12.2. The molecular weight excluding hydrogens is 364 g/mol. The minimum atomic E-state index is -3.66. The largest absolute Gasteiger partial charge is 0.326 e. The van der Waals surface area contributed by atoms with E-state index in [1.165, 1.54) is 12.1 Å². The highest BCUT2D eigenvalue weighted by atomic mass is 79.9. The Hall–Kier alpha value is -1.08. The maximum Gasteiger partial charge on any atom is 0.261 e. The first kappa shape index (κ1) is 15.3. The lowest BCUT2D eigenvalue weighted by Gasteiger charge is -2.10. The van der Waals surface area contributed by atoms with Crippen molar-refractivity contribution in [2.75, 3.05) is 4.72 Å². The number of hydrogen-bond donors (Lipinski definition) is 2. The summed E-state index contributed by atoms with van der Waals surface area (Å²) in [6, 6.07) is 11.3. The summed E-state index contributed by atoms with van der Waals surface area (Å²) in [5.41, 5.74) is 6.68. The number of rotatable bonds is 4. The molecule has 2 aromatic carbocycles. The summed E-state index contributed by atoms with van der Waals surface area (Å²) < 4.78 is 27.7. The second-order valence-corrected chi connectivity index (χ2v) is 7.08. The van der Waals surface area contributed by atoms with E-state index in [9.17, 15) is 8.42 Å². The molecule has 0 aliphatic carbocycles. The van der Waals surface area contributed by atoms with E-state index in [1.54, 1.807) is 30.3 Å². The fourth-order valence-electron chi connectivity index (χ4n) is 1.58. The van der Waals surface area contributed by atoms with Crippen LogP contribution in [-0.4, -0.2) is 8.42 Å². The zero-order valence-electron chi connectivity index (χ0n) is 10.3. The molecule has 2 aromatic rings. The Kier molecular flexibility index (Phi) is 4.70. The molecule has 0 heterocycles. The van der Waals surface area contributed by atoms with Crippen LogP contribution in [0.4, 0.5) is 5.69 Å². The Morgan fingerprint density at radius 1 is 1.15 bits per heavy atom. The van der Waals surface area contributed by atoms with Gasteiger partial charge in [-0.1, -0.05) is 39.7 Å². The van der Waals surface area contributed by atoms with E-state index < -0.39 is 10.0 Å². The van der Waals surface area contributed by atoms with Crippen molar-refractivity contribution in [2.45, 2.75) is 11.4 Å². The Balaban J connectivity index is 2.30. The van der Waals surface area contributed by atoms with Gasteiger partial charge in [0.15, 0.2) is 0 Å². The van der Waals surface area contributed by atoms with Crippen LogP contribution in [0.1, 0.15) is 5.56 Å². The summed E-state index contributed by atoms with van der Waals surface area (Å²) in [6.07, 6.45) is 0. The number of hydrogen-bond acceptors (Lipinski definition) is 3. The van der Waals surface area contributed by atoms with Crippen LogP contribution >= 0.6 is 27.5 Å². The maximum atomic E-state index is 12.2. The molecule has 0 bridgehead atoms. The van der Waals surface area contributed by atoms with Crippen molar-refractivity contribution in [3.05, 3.63) is 57.5 Å². The van der Waals surface area contributed by atoms with Gasteiger partial charge in [0.1, 0.15) is 0 Å². The predicted octanol–water partition coefficient (Wildman–Crippen LogP) is 3.36. The lowest BCUT2D eigenvalue weighted by atomic mass is 10.2. The van der Waals surface area contributed by atoms with Crippen LogP contribution in [0.25, 0.3) is 0 Å². The van der Waals surface area contributed by atoms with Crippen LogP contribution < -0.4 is 10.5 Å². The number of sulfonamides is 1. The highest BCUT2D eigenvalue weighted by molar-refractivity contribution is 9.10. The van der Waals surface area contributed by atoms with Crippen LogP contribution in [0.3, 0.4) is 0 Å². The van der Waals surface area contributed by atoms with E-state index in [2.05, 4.69) is 20.7 Å². The summed E-state index contributed by atoms with van der Waals surface area (Å²) in [7, 11) is -3.66. The van der Waals surface area contributed by atoms with E-state index in [-0.39, 0.29) is 4.90 Å². The molecule has 7 heteroatoms. The molecule has 0 aliphatic heterocycles. The van der Waals surface area contributed by atoms with Crippen LogP contribution in [-0.2, 0) is 16.6 Å². The summed E-state index contributed by atoms with van der Waals surface area (Å²) in [5, 5.41) is 0.321. The van der Waals surface area contributed by atoms with Crippen LogP contribution in [0.15, 0.2) is 51.8 Å². The molecule has 0 radical (unpaired) electrons. The van der Waals surface area contributed by atoms with Crippen molar-refractivity contribution in [2.24, 2.45) is 5.73 Å². The summed E-state index contributed by atoms with van der Waals surface area (Å²) in [4.78, 5) is 0.161. The van der Waals surface area contributed by atoms with E-state index in [0.717, 1.165) is 10.0 Å². The van der Waals surface area contributed by atoms with E-state index in [4.69, 9.17) is 17.3 Å². The first-order chi connectivity index (χ1) is 9.42. The molecule has 106 valence electrons. The van der Waals surface area contributed by atoms with Gasteiger partial charge in [-0.15, -0.1) is 0 Å². The standard InChI is InChI=1S/C13H12BrClN2O2S/c14-10-3-6-13(12(15)7-10)17-20(18,19)11-4-1-9(8-16)2-5-11/h1-7,17H,8,16H2. The second-order valence-electron chi connectivity index (χ2n) is 4.08. The Morgan fingerprint density at radius 2 is 1.80 bits per heavy atom. The molecule has 0 amide bonds. The van der Waals surface area contributed by atoms with Gasteiger partial charge in [0, 0.05) is 11.0 Å². The Morgan fingerprint density at radius 3 is 2.35 bits per heavy atom. The first-order valence-corrected chi connectivity index (χ1v) is 8.34. The lowest BCUT2D eigenvalue weighted by Crippen LogP contribution is -2.13. The molecule has 0 unspecified atom stereocenters. The second kappa shape index (κ2) is 6.13. The minimum Gasteiger partial charge on any atom is -0.326 e. The van der Waals surface area contributed by atoms with Gasteiger partial charge in [0.25, 0.3) is 10.0 Å². The number of nitrogens with two attached hydrogens (primary N) is 1. The molecule has 4 nitrogen and oxygen atoms in total. The average molecular weight is 376 g/mol. The highest BCUT2D eigenvalue weighted by Gasteiger charge is 2.15. The third-order valence-electron chi connectivity index (χ3n) is 2.64. The topological polar surface area (TPSA) is 72.2 Å². The third-order valence-corrected chi connectivity index (χ3v) is 4.83. The summed E-state index contributed by atoms with van der Waals surface area (Å²) in [5.74, 6) is 0. The number of halogens is 2. The van der Waals surface area contributed by atoms with Gasteiger partial charge < -0.3 is 5.73 Å². The molecule has 0 saturated carbocycles. The highest BCUT2D eigenvalue weighted by Crippen LogP contribution is 2.27. The summed E-state index contributed by atoms with van der Waals surface area (Å²) >= 11 is 9.26. The lowest BCUT2D eigenvalue weighted by molar-refractivity contribution is 0.601. The van der Waals surface area contributed by atoms with Gasteiger partial charge in [0.2, 0.25) is 0 Å². The van der Waals surface area contributed by atoms with Crippen molar-refractivity contribution >= 4 is 43.2 Å². The molecule has 0 fully saturated rings. The third kappa shape index (κ3) is 3.52. The van der Waals surface area contributed by atoms with Crippen molar-refractivity contribution in [3.8, 4) is 0 Å². The molecule has 3 N–H and O–H groups in total. The van der Waals surface area contributed by atoms with Gasteiger partial charge in [-0.3, -0.25) is 4.72 Å². The quantitative estimate of drug-likeness (QED) is 0.860. The number of benzene rings is 2. The zero-order valence-corrected chi connectivity index (χ0v) is 13.5. The van der Waals surface area contributed by atoms with Crippen molar-refractivity contribution < 1.29 is 8.42 Å². The Bertz CT molecular complexity index is 718. The van der Waals surface area contributed by atoms with Crippen molar-refractivity contribution in [1.29, 1.82) is 0 Å². The average Bonchev–Trinajstić information content (AvgIpc) is 2.42. The molecule has 2 rings (SSSR count). The van der Waals surface area contributed by atoms with Crippen molar-refractivity contribution in [1.82, 2.24) is 0 Å². The van der Waals surface area contributed by atoms with Gasteiger partial charge in [0.05, 0.1) is 15.6 Å². The van der Waals surface area contributed by atoms with E-state index >= 15 is 0 Å². The van der Waals surface area contributed by atoms with E-state index in [0.29, 0.717) is 17.3 Å². The predicted molar refractivity (Wildman–Crippen MR) is 84.3 cm³/mol. The zero-order chi connectivity index (χ0) is 14.8. The number of nitrogens with one attached hydrogen (secondary N) is 1. The first-order valence-electron chi connectivity index (χ1n) is 5.69. The van der Waals surface area contributed by atoms with Gasteiger partial charge in [-0.05, 0) is 35.9 Å². The normalized spacial score (nSPS) is 11.3. The molecule has 0 aliphatic rings. The molecule has 0 atom stereocenters. The minimum absolute atomic E-state index is 0.161. The fourth-order valence-corrected chi connectivity index (χ4v) is 3.44. The van der Waals surface area contributed by atoms with Gasteiger partial charge in [-0.25, -0.2) is 8.42 Å². The molecular formula is C13H12BrClN2O2S. The van der Waals surface area contributed by atoms with Gasteiger partial charge in [-0.2, -0.15) is 0 Å². The van der Waals surface area contributed by atoms with Crippen LogP contribution in [0, 0.1) is 0 Å². The van der Waals surface area contributed by atoms with Crippen LogP contribution in [0.2, 0.25) is 5.02 Å². The number of anilines is 1. The van der Waals surface area contributed by atoms with Gasteiger partial charge >= 0.3 is 0 Å². The monoisotopic (exact) mass is 374 g/mol. The molecule has 0 aromatic heterocycles. The molecule has 0 spiro atoms. The smallest absolute Gasteiger partial charge is 0.261 e. The van der Waals surface area contributed by atoms with E-state index in [1.807, 2.05) is 0 Å². The Labute approximate surface area is 131 Å². The molecule has 0 saturated heterocycles. The SMILES string of the molecule is NCc1ccc(S(=O)(=O)Nc2ccc(Br)cc2Cl)cc1. The van der Waals surface area contributed by atoms with Crippen molar-refractivity contribution in [3.63, 3.8) is 0 Å². The fraction of sp³-hybridized carbons (Fsp3) is 0.0769. The van der Waals surface area contributed by atoms with Crippen LogP contribution in [0.5, 0.6) is 0 Å². The molecule has 20 heavy (non-hydrogen) atoms.